The lowest BCUT2D eigenvalue weighted by molar-refractivity contribution is -0.120. The number of carbonyl (C=O) groups excluding carboxylic acids is 1. The lowest BCUT2D eigenvalue weighted by Crippen LogP contribution is -2.23. The maximum atomic E-state index is 12.0. The van der Waals surface area contributed by atoms with Crippen LogP contribution in [0.2, 0.25) is 0 Å². The molecular formula is C11H24NO4P. The van der Waals surface area contributed by atoms with E-state index in [2.05, 4.69) is 5.32 Å². The normalized spacial score (nSPS) is 11.5. The van der Waals surface area contributed by atoms with E-state index in [9.17, 15) is 9.36 Å². The number of nitrogens with one attached hydrogen (secondary N) is 1. The Bertz CT molecular complexity index is 248. The largest absolute Gasteiger partial charge is 0.356 e. The van der Waals surface area contributed by atoms with Gasteiger partial charge in [0, 0.05) is 13.0 Å². The van der Waals surface area contributed by atoms with Gasteiger partial charge in [-0.1, -0.05) is 6.92 Å². The molecule has 0 aromatic heterocycles. The molecule has 1 N–H and O–H groups in total. The van der Waals surface area contributed by atoms with Gasteiger partial charge in [0.25, 0.3) is 0 Å². The van der Waals surface area contributed by atoms with Gasteiger partial charge in [-0.15, -0.1) is 0 Å². The van der Waals surface area contributed by atoms with Crippen LogP contribution >= 0.6 is 7.60 Å². The Morgan fingerprint density at radius 1 is 1.12 bits per heavy atom. The van der Waals surface area contributed by atoms with Crippen LogP contribution in [0.4, 0.5) is 0 Å². The van der Waals surface area contributed by atoms with E-state index in [1.54, 1.807) is 13.8 Å². The lowest BCUT2D eigenvalue weighted by atomic mass is 10.3. The summed E-state index contributed by atoms with van der Waals surface area (Å²) in [6.07, 6.45) is 2.42. The molecule has 0 aliphatic carbocycles. The lowest BCUT2D eigenvalue weighted by Gasteiger charge is -2.16. The van der Waals surface area contributed by atoms with Gasteiger partial charge in [0.1, 0.15) is 0 Å². The second-order valence-electron chi connectivity index (χ2n) is 3.58. The molecule has 0 aromatic rings. The fourth-order valence-electron chi connectivity index (χ4n) is 1.34. The molecule has 0 bridgehead atoms. The zero-order valence-electron chi connectivity index (χ0n) is 11.0. The molecular weight excluding hydrogens is 241 g/mol. The Morgan fingerprint density at radius 2 is 1.71 bits per heavy atom. The van der Waals surface area contributed by atoms with E-state index in [0.717, 1.165) is 12.8 Å². The van der Waals surface area contributed by atoms with Crippen molar-refractivity contribution in [2.45, 2.75) is 40.0 Å². The molecule has 6 heteroatoms. The minimum atomic E-state index is -2.90. The summed E-state index contributed by atoms with van der Waals surface area (Å²) in [5, 5.41) is 2.77. The van der Waals surface area contributed by atoms with Crippen molar-refractivity contribution in [3.8, 4) is 0 Å². The van der Waals surface area contributed by atoms with Crippen LogP contribution in [0.5, 0.6) is 0 Å². The van der Waals surface area contributed by atoms with Crippen LogP contribution in [0.3, 0.4) is 0 Å². The third-order valence-electron chi connectivity index (χ3n) is 2.15. The Hall–Kier alpha value is -0.380. The van der Waals surface area contributed by atoms with Crippen LogP contribution < -0.4 is 5.32 Å². The number of unbranched alkanes of at least 4 members (excludes halogenated alkanes) is 1. The highest BCUT2D eigenvalue weighted by Crippen LogP contribution is 2.48. The number of carbonyl (C=O) groups is 1. The van der Waals surface area contributed by atoms with E-state index >= 15 is 0 Å². The quantitative estimate of drug-likeness (QED) is 0.487. The topological polar surface area (TPSA) is 64.6 Å². The molecule has 0 atom stereocenters. The van der Waals surface area contributed by atoms with Crippen LogP contribution in [0.15, 0.2) is 0 Å². The molecule has 5 nitrogen and oxygen atoms in total. The summed E-state index contributed by atoms with van der Waals surface area (Å²) < 4.78 is 22.4. The molecule has 1 amide bonds. The predicted octanol–water partition coefficient (Wildman–Crippen LogP) is 2.56. The zero-order chi connectivity index (χ0) is 13.1. The van der Waals surface area contributed by atoms with E-state index in [1.165, 1.54) is 0 Å². The molecule has 17 heavy (non-hydrogen) atoms. The van der Waals surface area contributed by atoms with E-state index < -0.39 is 7.60 Å². The van der Waals surface area contributed by atoms with Crippen LogP contribution in [0.1, 0.15) is 40.0 Å². The average molecular weight is 265 g/mol. The van der Waals surface area contributed by atoms with Crippen molar-refractivity contribution in [3.63, 3.8) is 0 Å². The Balaban J connectivity index is 3.75. The summed E-state index contributed by atoms with van der Waals surface area (Å²) in [5.41, 5.74) is 0. The standard InChI is InChI=1S/C11H24NO4P/c1-4-11(13)12-9-7-8-10-17(14,15-5-2)16-6-3/h4-10H2,1-3H3,(H,12,13). The minimum absolute atomic E-state index is 0.0443. The van der Waals surface area contributed by atoms with Gasteiger partial charge in [-0.05, 0) is 26.7 Å². The van der Waals surface area contributed by atoms with E-state index in [4.69, 9.17) is 9.05 Å². The molecule has 0 saturated carbocycles. The van der Waals surface area contributed by atoms with Crippen LogP contribution in [0, 0.1) is 0 Å². The van der Waals surface area contributed by atoms with Crippen LogP contribution in [-0.2, 0) is 18.4 Å². The summed E-state index contributed by atoms with van der Waals surface area (Å²) >= 11 is 0. The SMILES string of the molecule is CCOP(=O)(CCCCNC(=O)CC)OCC. The highest BCUT2D eigenvalue weighted by Gasteiger charge is 2.22. The smallest absolute Gasteiger partial charge is 0.330 e. The first-order valence-corrected chi connectivity index (χ1v) is 7.95. The molecule has 0 spiro atoms. The van der Waals surface area contributed by atoms with E-state index in [1.807, 2.05) is 6.92 Å². The molecule has 0 aliphatic rings. The van der Waals surface area contributed by atoms with Crippen molar-refractivity contribution in [2.75, 3.05) is 25.9 Å². The van der Waals surface area contributed by atoms with E-state index in [0.29, 0.717) is 32.3 Å². The summed E-state index contributed by atoms with van der Waals surface area (Å²) in [6.45, 7) is 6.81. The molecule has 0 radical (unpaired) electrons. The highest BCUT2D eigenvalue weighted by molar-refractivity contribution is 7.53. The average Bonchev–Trinajstić information content (AvgIpc) is 2.29. The molecule has 0 rings (SSSR count). The van der Waals surface area contributed by atoms with Crippen molar-refractivity contribution < 1.29 is 18.4 Å². The Kier molecular flexibility index (Phi) is 9.41. The monoisotopic (exact) mass is 265 g/mol. The van der Waals surface area contributed by atoms with Gasteiger partial charge in [0.05, 0.1) is 19.4 Å². The highest BCUT2D eigenvalue weighted by atomic mass is 31.2. The molecule has 0 heterocycles. The number of hydrogen-bond donors (Lipinski definition) is 1. The van der Waals surface area contributed by atoms with Gasteiger partial charge in [-0.2, -0.15) is 0 Å². The van der Waals surface area contributed by atoms with Gasteiger partial charge in [0.15, 0.2) is 0 Å². The summed E-state index contributed by atoms with van der Waals surface area (Å²) in [4.78, 5) is 11.0. The minimum Gasteiger partial charge on any atom is -0.356 e. The van der Waals surface area contributed by atoms with Gasteiger partial charge < -0.3 is 14.4 Å². The Labute approximate surface area is 104 Å². The molecule has 0 unspecified atom stereocenters. The number of amides is 1. The second kappa shape index (κ2) is 9.63. The third kappa shape index (κ3) is 8.36. The third-order valence-corrected chi connectivity index (χ3v) is 4.32. The predicted molar refractivity (Wildman–Crippen MR) is 68.3 cm³/mol. The van der Waals surface area contributed by atoms with Crippen LogP contribution in [0.25, 0.3) is 0 Å². The second-order valence-corrected chi connectivity index (χ2v) is 5.77. The fraction of sp³-hybridized carbons (Fsp3) is 0.909. The van der Waals surface area contributed by atoms with Crippen LogP contribution in [-0.4, -0.2) is 31.8 Å². The maximum Gasteiger partial charge on any atom is 0.330 e. The van der Waals surface area contributed by atoms with E-state index in [-0.39, 0.29) is 5.91 Å². The molecule has 0 saturated heterocycles. The Morgan fingerprint density at radius 3 is 2.18 bits per heavy atom. The molecule has 0 fully saturated rings. The van der Waals surface area contributed by atoms with Crippen molar-refractivity contribution >= 4 is 13.5 Å². The van der Waals surface area contributed by atoms with Gasteiger partial charge in [-0.3, -0.25) is 9.36 Å². The van der Waals surface area contributed by atoms with Gasteiger partial charge in [-0.25, -0.2) is 0 Å². The zero-order valence-corrected chi connectivity index (χ0v) is 11.9. The van der Waals surface area contributed by atoms with Crippen molar-refractivity contribution in [3.05, 3.63) is 0 Å². The first-order valence-electron chi connectivity index (χ1n) is 6.22. The van der Waals surface area contributed by atoms with Gasteiger partial charge in [0.2, 0.25) is 5.91 Å². The molecule has 102 valence electrons. The first-order chi connectivity index (χ1) is 8.08. The number of hydrogen-bond acceptors (Lipinski definition) is 4. The molecule has 0 aromatic carbocycles. The van der Waals surface area contributed by atoms with Crippen molar-refractivity contribution in [2.24, 2.45) is 0 Å². The fourth-order valence-corrected chi connectivity index (χ4v) is 3.07. The summed E-state index contributed by atoms with van der Waals surface area (Å²) in [5.74, 6) is 0.0443. The summed E-state index contributed by atoms with van der Waals surface area (Å²) in [6, 6.07) is 0. The number of rotatable bonds is 10. The van der Waals surface area contributed by atoms with Crippen molar-refractivity contribution in [1.29, 1.82) is 0 Å². The maximum absolute atomic E-state index is 12.0. The van der Waals surface area contributed by atoms with Gasteiger partial charge >= 0.3 is 7.60 Å². The van der Waals surface area contributed by atoms with Crippen molar-refractivity contribution in [1.82, 2.24) is 5.32 Å². The first kappa shape index (κ1) is 16.6. The molecule has 0 aliphatic heterocycles. The summed E-state index contributed by atoms with van der Waals surface area (Å²) in [7, 11) is -2.90.